The first-order valence-corrected chi connectivity index (χ1v) is 5.85. The smallest absolute Gasteiger partial charge is 0.0906 e. The van der Waals surface area contributed by atoms with Crippen LogP contribution in [-0.4, -0.2) is 13.2 Å². The number of benzene rings is 1. The SMILES string of the molecule is CC(NCCCF)c1cc(Cl)c(N)c(Cl)c1. The lowest BCUT2D eigenvalue weighted by Crippen LogP contribution is -2.20. The standard InChI is InChI=1S/C11H15Cl2FN2/c1-7(16-4-2-3-14)8-5-9(12)11(15)10(13)6-8/h5-7,16H,2-4,15H2,1H3. The van der Waals surface area contributed by atoms with E-state index in [1.807, 2.05) is 6.92 Å². The highest BCUT2D eigenvalue weighted by Gasteiger charge is 2.09. The van der Waals surface area contributed by atoms with E-state index in [1.165, 1.54) is 0 Å². The number of hydrogen-bond acceptors (Lipinski definition) is 2. The van der Waals surface area contributed by atoms with Gasteiger partial charge in [0.25, 0.3) is 0 Å². The first-order valence-electron chi connectivity index (χ1n) is 5.10. The van der Waals surface area contributed by atoms with E-state index < -0.39 is 0 Å². The molecule has 1 rings (SSSR count). The Morgan fingerprint density at radius 1 is 1.38 bits per heavy atom. The molecule has 3 N–H and O–H groups in total. The fourth-order valence-electron chi connectivity index (χ4n) is 1.36. The highest BCUT2D eigenvalue weighted by molar-refractivity contribution is 6.38. The van der Waals surface area contributed by atoms with Crippen LogP contribution in [-0.2, 0) is 0 Å². The fraction of sp³-hybridized carbons (Fsp3) is 0.455. The number of halogens is 3. The van der Waals surface area contributed by atoms with E-state index in [9.17, 15) is 4.39 Å². The van der Waals surface area contributed by atoms with Crippen molar-refractivity contribution in [1.82, 2.24) is 5.32 Å². The van der Waals surface area contributed by atoms with Crippen LogP contribution < -0.4 is 11.1 Å². The zero-order valence-electron chi connectivity index (χ0n) is 9.06. The lowest BCUT2D eigenvalue weighted by atomic mass is 10.1. The molecule has 1 unspecified atom stereocenters. The highest BCUT2D eigenvalue weighted by Crippen LogP contribution is 2.31. The quantitative estimate of drug-likeness (QED) is 0.630. The first-order chi connectivity index (χ1) is 7.56. The summed E-state index contributed by atoms with van der Waals surface area (Å²) < 4.78 is 11.9. The summed E-state index contributed by atoms with van der Waals surface area (Å²) in [5.74, 6) is 0. The van der Waals surface area contributed by atoms with E-state index in [-0.39, 0.29) is 12.7 Å². The van der Waals surface area contributed by atoms with Gasteiger partial charge in [-0.3, -0.25) is 4.39 Å². The molecule has 0 bridgehead atoms. The van der Waals surface area contributed by atoms with Crippen molar-refractivity contribution >= 4 is 28.9 Å². The van der Waals surface area contributed by atoms with Crippen LogP contribution in [0.5, 0.6) is 0 Å². The molecular weight excluding hydrogens is 250 g/mol. The van der Waals surface area contributed by atoms with Crippen LogP contribution in [0, 0.1) is 0 Å². The lowest BCUT2D eigenvalue weighted by molar-refractivity contribution is 0.446. The van der Waals surface area contributed by atoms with Gasteiger partial charge in [0, 0.05) is 6.04 Å². The second-order valence-electron chi connectivity index (χ2n) is 3.62. The maximum atomic E-state index is 11.9. The zero-order chi connectivity index (χ0) is 12.1. The topological polar surface area (TPSA) is 38.0 Å². The molecule has 0 aliphatic heterocycles. The molecule has 0 heterocycles. The van der Waals surface area contributed by atoms with Gasteiger partial charge in [0.2, 0.25) is 0 Å². The molecule has 1 atom stereocenters. The summed E-state index contributed by atoms with van der Waals surface area (Å²) in [6, 6.07) is 3.62. The highest BCUT2D eigenvalue weighted by atomic mass is 35.5. The van der Waals surface area contributed by atoms with Gasteiger partial charge in [0.05, 0.1) is 22.4 Å². The van der Waals surface area contributed by atoms with E-state index in [0.717, 1.165) is 5.56 Å². The van der Waals surface area contributed by atoms with E-state index in [0.29, 0.717) is 28.7 Å². The molecule has 0 amide bonds. The number of nitrogens with one attached hydrogen (secondary N) is 1. The summed E-state index contributed by atoms with van der Waals surface area (Å²) >= 11 is 11.9. The average molecular weight is 265 g/mol. The van der Waals surface area contributed by atoms with Crippen LogP contribution in [0.4, 0.5) is 10.1 Å². The molecule has 0 saturated carbocycles. The Kier molecular flexibility index (Phi) is 5.32. The summed E-state index contributed by atoms with van der Waals surface area (Å²) in [6.07, 6.45) is 0.501. The third kappa shape index (κ3) is 3.51. The monoisotopic (exact) mass is 264 g/mol. The molecule has 2 nitrogen and oxygen atoms in total. The predicted octanol–water partition coefficient (Wildman–Crippen LogP) is 3.59. The fourth-order valence-corrected chi connectivity index (χ4v) is 1.86. The van der Waals surface area contributed by atoms with Gasteiger partial charge >= 0.3 is 0 Å². The number of nitrogens with two attached hydrogens (primary N) is 1. The Hall–Kier alpha value is -0.510. The molecule has 0 fully saturated rings. The van der Waals surface area contributed by atoms with Gasteiger partial charge in [-0.05, 0) is 37.6 Å². The number of nitrogen functional groups attached to an aromatic ring is 1. The molecule has 5 heteroatoms. The molecule has 0 aliphatic carbocycles. The maximum Gasteiger partial charge on any atom is 0.0906 e. The first kappa shape index (κ1) is 13.6. The van der Waals surface area contributed by atoms with Gasteiger partial charge in [-0.25, -0.2) is 0 Å². The molecule has 1 aromatic rings. The van der Waals surface area contributed by atoms with Gasteiger partial charge in [0.1, 0.15) is 0 Å². The summed E-state index contributed by atoms with van der Waals surface area (Å²) in [6.45, 7) is 2.27. The van der Waals surface area contributed by atoms with Crippen LogP contribution in [0.1, 0.15) is 24.9 Å². The van der Waals surface area contributed by atoms with E-state index in [4.69, 9.17) is 28.9 Å². The molecule has 0 radical (unpaired) electrons. The number of rotatable bonds is 5. The molecule has 1 aromatic carbocycles. The molecule has 0 spiro atoms. The molecule has 16 heavy (non-hydrogen) atoms. The van der Waals surface area contributed by atoms with Gasteiger partial charge in [0.15, 0.2) is 0 Å². The van der Waals surface area contributed by atoms with E-state index in [1.54, 1.807) is 12.1 Å². The van der Waals surface area contributed by atoms with Gasteiger partial charge in [-0.1, -0.05) is 23.2 Å². The average Bonchev–Trinajstić information content (AvgIpc) is 2.25. The Morgan fingerprint density at radius 2 is 1.94 bits per heavy atom. The minimum absolute atomic E-state index is 0.0714. The van der Waals surface area contributed by atoms with Crippen molar-refractivity contribution in [3.05, 3.63) is 27.7 Å². The van der Waals surface area contributed by atoms with Crippen LogP contribution in [0.15, 0.2) is 12.1 Å². The van der Waals surface area contributed by atoms with E-state index in [2.05, 4.69) is 5.32 Å². The predicted molar refractivity (Wildman–Crippen MR) is 67.9 cm³/mol. The summed E-state index contributed by atoms with van der Waals surface area (Å²) in [5.41, 5.74) is 6.98. The Labute approximate surface area is 105 Å². The molecule has 0 saturated heterocycles. The third-order valence-corrected chi connectivity index (χ3v) is 2.99. The van der Waals surface area contributed by atoms with E-state index >= 15 is 0 Å². The van der Waals surface area contributed by atoms with Crippen molar-refractivity contribution in [2.45, 2.75) is 19.4 Å². The van der Waals surface area contributed by atoms with Crippen LogP contribution in [0.3, 0.4) is 0 Å². The Balaban J connectivity index is 2.72. The molecule has 90 valence electrons. The van der Waals surface area contributed by atoms with Crippen molar-refractivity contribution in [3.63, 3.8) is 0 Å². The maximum absolute atomic E-state index is 11.9. The second kappa shape index (κ2) is 6.28. The third-order valence-electron chi connectivity index (χ3n) is 2.36. The van der Waals surface area contributed by atoms with Crippen molar-refractivity contribution in [2.75, 3.05) is 19.0 Å². The Bertz CT molecular complexity index is 335. The van der Waals surface area contributed by atoms with Crippen molar-refractivity contribution < 1.29 is 4.39 Å². The summed E-state index contributed by atoms with van der Waals surface area (Å²) in [4.78, 5) is 0. The van der Waals surface area contributed by atoms with Gasteiger partial charge in [-0.2, -0.15) is 0 Å². The zero-order valence-corrected chi connectivity index (χ0v) is 10.6. The molecule has 0 aromatic heterocycles. The van der Waals surface area contributed by atoms with Crippen molar-refractivity contribution in [1.29, 1.82) is 0 Å². The number of anilines is 1. The Morgan fingerprint density at radius 3 is 2.44 bits per heavy atom. The number of hydrogen-bond donors (Lipinski definition) is 2. The summed E-state index contributed by atoms with van der Waals surface area (Å²) in [5, 5.41) is 4.07. The van der Waals surface area contributed by atoms with Gasteiger partial charge in [-0.15, -0.1) is 0 Å². The number of alkyl halides is 1. The van der Waals surface area contributed by atoms with Crippen molar-refractivity contribution in [2.24, 2.45) is 0 Å². The van der Waals surface area contributed by atoms with Gasteiger partial charge < -0.3 is 11.1 Å². The summed E-state index contributed by atoms with van der Waals surface area (Å²) in [7, 11) is 0. The van der Waals surface area contributed by atoms with Crippen LogP contribution in [0.25, 0.3) is 0 Å². The minimum atomic E-state index is -0.316. The van der Waals surface area contributed by atoms with Crippen molar-refractivity contribution in [3.8, 4) is 0 Å². The largest absolute Gasteiger partial charge is 0.396 e. The van der Waals surface area contributed by atoms with Crippen LogP contribution in [0.2, 0.25) is 10.0 Å². The van der Waals surface area contributed by atoms with Crippen LogP contribution >= 0.6 is 23.2 Å². The molecule has 0 aliphatic rings. The minimum Gasteiger partial charge on any atom is -0.396 e. The second-order valence-corrected chi connectivity index (χ2v) is 4.43. The normalized spacial score (nSPS) is 12.8. The molecular formula is C11H15Cl2FN2. The lowest BCUT2D eigenvalue weighted by Gasteiger charge is -2.15.